The van der Waals surface area contributed by atoms with E-state index in [4.69, 9.17) is 0 Å². The Hall–Kier alpha value is -1.06. The van der Waals surface area contributed by atoms with E-state index < -0.39 is 0 Å². The number of amides is 2. The van der Waals surface area contributed by atoms with Gasteiger partial charge in [0.2, 0.25) is 11.8 Å². The molecule has 4 nitrogen and oxygen atoms in total. The van der Waals surface area contributed by atoms with Gasteiger partial charge in [0.1, 0.15) is 6.04 Å². The number of fused-ring (bicyclic) bond motifs is 5. The highest BCUT2D eigenvalue weighted by Crippen LogP contribution is 2.67. The van der Waals surface area contributed by atoms with Gasteiger partial charge < -0.3 is 10.2 Å². The summed E-state index contributed by atoms with van der Waals surface area (Å²) in [5.41, 5.74) is 1.10. The fourth-order valence-corrected chi connectivity index (χ4v) is 10.9. The number of likely N-dealkylation sites (tertiary alicyclic amines) is 1. The molecule has 9 atom stereocenters. The van der Waals surface area contributed by atoms with E-state index in [1.807, 2.05) is 4.90 Å². The minimum atomic E-state index is -0.380. The van der Waals surface area contributed by atoms with Crippen molar-refractivity contribution in [3.05, 3.63) is 0 Å². The molecule has 4 saturated carbocycles. The van der Waals surface area contributed by atoms with E-state index in [2.05, 4.69) is 39.9 Å². The summed E-state index contributed by atoms with van der Waals surface area (Å²) in [5, 5.41) is 3.17. The Morgan fingerprint density at radius 2 is 1.68 bits per heavy atom. The van der Waals surface area contributed by atoms with E-state index in [-0.39, 0.29) is 23.8 Å². The summed E-state index contributed by atoms with van der Waals surface area (Å²) < 4.78 is 0. The Labute approximate surface area is 233 Å². The predicted molar refractivity (Wildman–Crippen MR) is 155 cm³/mol. The third-order valence-corrected chi connectivity index (χ3v) is 13.1. The summed E-state index contributed by atoms with van der Waals surface area (Å²) >= 11 is 0. The van der Waals surface area contributed by atoms with Crippen LogP contribution in [0.5, 0.6) is 0 Å². The van der Waals surface area contributed by atoms with E-state index in [1.165, 1.54) is 70.6 Å². The fourth-order valence-electron chi connectivity index (χ4n) is 10.9. The zero-order valence-electron chi connectivity index (χ0n) is 25.4. The SMILES string of the molecule is CCC1CCCN1C(=O)C(NC(=O)CCCC1CCC2C3CC[C@@H]4CCCCC4(C)C3CCC12C)C(C)C. The van der Waals surface area contributed by atoms with Gasteiger partial charge in [0.05, 0.1) is 0 Å². The number of carbonyl (C=O) groups excluding carboxylic acids is 2. The van der Waals surface area contributed by atoms with Crippen LogP contribution in [0.25, 0.3) is 0 Å². The van der Waals surface area contributed by atoms with Crippen LogP contribution in [0.4, 0.5) is 0 Å². The highest BCUT2D eigenvalue weighted by atomic mass is 16.2. The van der Waals surface area contributed by atoms with Gasteiger partial charge in [0.25, 0.3) is 0 Å². The van der Waals surface area contributed by atoms with Crippen LogP contribution in [-0.2, 0) is 9.59 Å². The van der Waals surface area contributed by atoms with Crippen molar-refractivity contribution in [2.24, 2.45) is 46.3 Å². The van der Waals surface area contributed by atoms with E-state index in [0.717, 1.165) is 61.8 Å². The molecule has 1 aliphatic heterocycles. The number of rotatable bonds is 8. The minimum absolute atomic E-state index is 0.0799. The molecule has 0 radical (unpaired) electrons. The lowest BCUT2D eigenvalue weighted by Gasteiger charge is -2.60. The van der Waals surface area contributed by atoms with E-state index >= 15 is 0 Å². The lowest BCUT2D eigenvalue weighted by molar-refractivity contribution is -0.138. The molecule has 4 heteroatoms. The quantitative estimate of drug-likeness (QED) is 0.351. The van der Waals surface area contributed by atoms with Crippen LogP contribution in [0.3, 0.4) is 0 Å². The second-order valence-electron chi connectivity index (χ2n) is 15.1. The Balaban J connectivity index is 1.14. The first-order valence-electron chi connectivity index (χ1n) is 16.8. The molecule has 5 fully saturated rings. The molecule has 1 heterocycles. The first kappa shape index (κ1) is 28.5. The van der Waals surface area contributed by atoms with Crippen LogP contribution in [-0.4, -0.2) is 35.3 Å². The monoisotopic (exact) mass is 526 g/mol. The van der Waals surface area contributed by atoms with Gasteiger partial charge in [0, 0.05) is 19.0 Å². The predicted octanol–water partition coefficient (Wildman–Crippen LogP) is 7.75. The van der Waals surface area contributed by atoms with Crippen molar-refractivity contribution in [2.45, 2.75) is 149 Å². The molecule has 0 bridgehead atoms. The van der Waals surface area contributed by atoms with Gasteiger partial charge >= 0.3 is 0 Å². The molecule has 0 spiro atoms. The third-order valence-electron chi connectivity index (χ3n) is 13.1. The molecular weight excluding hydrogens is 468 g/mol. The number of nitrogens with zero attached hydrogens (tertiary/aromatic N) is 1. The van der Waals surface area contributed by atoms with Crippen LogP contribution >= 0.6 is 0 Å². The molecule has 0 aromatic rings. The molecule has 0 aromatic heterocycles. The molecule has 8 unspecified atom stereocenters. The van der Waals surface area contributed by atoms with Crippen molar-refractivity contribution in [1.82, 2.24) is 10.2 Å². The van der Waals surface area contributed by atoms with Crippen molar-refractivity contribution in [2.75, 3.05) is 6.54 Å². The zero-order chi connectivity index (χ0) is 27.1. The van der Waals surface area contributed by atoms with Crippen LogP contribution in [0.2, 0.25) is 0 Å². The molecule has 1 saturated heterocycles. The van der Waals surface area contributed by atoms with Crippen LogP contribution in [0.1, 0.15) is 137 Å². The maximum absolute atomic E-state index is 13.3. The fraction of sp³-hybridized carbons (Fsp3) is 0.941. The van der Waals surface area contributed by atoms with Gasteiger partial charge in [-0.1, -0.05) is 47.5 Å². The number of nitrogens with one attached hydrogen (secondary N) is 1. The summed E-state index contributed by atoms with van der Waals surface area (Å²) in [5.74, 6) is 4.95. The van der Waals surface area contributed by atoms with Crippen molar-refractivity contribution in [1.29, 1.82) is 0 Å². The molecule has 5 aliphatic rings. The van der Waals surface area contributed by atoms with Crippen molar-refractivity contribution >= 4 is 11.8 Å². The van der Waals surface area contributed by atoms with E-state index in [0.29, 0.717) is 23.3 Å². The highest BCUT2D eigenvalue weighted by Gasteiger charge is 2.59. The maximum atomic E-state index is 13.3. The Bertz CT molecular complexity index is 855. The highest BCUT2D eigenvalue weighted by molar-refractivity contribution is 5.88. The second kappa shape index (κ2) is 11.4. The molecule has 4 aliphatic carbocycles. The van der Waals surface area contributed by atoms with Gasteiger partial charge in [-0.2, -0.15) is 0 Å². The molecule has 38 heavy (non-hydrogen) atoms. The first-order chi connectivity index (χ1) is 18.2. The van der Waals surface area contributed by atoms with Crippen molar-refractivity contribution < 1.29 is 9.59 Å². The average molecular weight is 527 g/mol. The van der Waals surface area contributed by atoms with Crippen LogP contribution in [0, 0.1) is 46.3 Å². The second-order valence-corrected chi connectivity index (χ2v) is 15.1. The van der Waals surface area contributed by atoms with E-state index in [9.17, 15) is 9.59 Å². The normalized spacial score (nSPS) is 41.4. The topological polar surface area (TPSA) is 49.4 Å². The van der Waals surface area contributed by atoms with Gasteiger partial charge in [-0.05, 0) is 130 Å². The first-order valence-corrected chi connectivity index (χ1v) is 16.8. The zero-order valence-corrected chi connectivity index (χ0v) is 25.4. The maximum Gasteiger partial charge on any atom is 0.245 e. The summed E-state index contributed by atoms with van der Waals surface area (Å²) in [6.07, 6.45) is 20.5. The standard InChI is InChI=1S/C34H58N2O2/c1-6-26-13-10-22-36(26)32(38)31(23(2)3)35-30(37)14-9-12-25-16-18-28-27-17-15-24-11-7-8-20-33(24,4)29(27)19-21-34(25,28)5/h23-29,31H,6-22H2,1-5H3,(H,35,37)/t24-,25?,26?,27?,28?,29?,31?,33?,34?/m0/s1. The molecule has 1 N–H and O–H groups in total. The smallest absolute Gasteiger partial charge is 0.245 e. The van der Waals surface area contributed by atoms with Crippen LogP contribution < -0.4 is 5.32 Å². The van der Waals surface area contributed by atoms with Crippen molar-refractivity contribution in [3.8, 4) is 0 Å². The Kier molecular flexibility index (Phi) is 8.57. The van der Waals surface area contributed by atoms with Crippen LogP contribution in [0.15, 0.2) is 0 Å². The van der Waals surface area contributed by atoms with Gasteiger partial charge in [-0.15, -0.1) is 0 Å². The molecule has 5 rings (SSSR count). The Morgan fingerprint density at radius 3 is 2.45 bits per heavy atom. The van der Waals surface area contributed by atoms with Gasteiger partial charge in [0.15, 0.2) is 0 Å². The van der Waals surface area contributed by atoms with Crippen molar-refractivity contribution in [3.63, 3.8) is 0 Å². The third kappa shape index (κ3) is 5.09. The van der Waals surface area contributed by atoms with Gasteiger partial charge in [-0.25, -0.2) is 0 Å². The van der Waals surface area contributed by atoms with E-state index in [1.54, 1.807) is 0 Å². The molecule has 2 amide bonds. The van der Waals surface area contributed by atoms with Gasteiger partial charge in [-0.3, -0.25) is 9.59 Å². The number of carbonyl (C=O) groups is 2. The minimum Gasteiger partial charge on any atom is -0.344 e. The number of hydrogen-bond acceptors (Lipinski definition) is 2. The number of hydrogen-bond donors (Lipinski definition) is 1. The molecule has 216 valence electrons. The summed E-state index contributed by atoms with van der Waals surface area (Å²) in [6.45, 7) is 12.5. The summed E-state index contributed by atoms with van der Waals surface area (Å²) in [6, 6.07) is -0.0304. The lowest BCUT2D eigenvalue weighted by atomic mass is 9.45. The average Bonchev–Trinajstić information content (AvgIpc) is 3.50. The lowest BCUT2D eigenvalue weighted by Crippen LogP contribution is -2.52. The Morgan fingerprint density at radius 1 is 0.895 bits per heavy atom. The largest absolute Gasteiger partial charge is 0.344 e. The molecular formula is C34H58N2O2. The summed E-state index contributed by atoms with van der Waals surface area (Å²) in [4.78, 5) is 28.4. The molecule has 0 aromatic carbocycles. The summed E-state index contributed by atoms with van der Waals surface area (Å²) in [7, 11) is 0.